The summed E-state index contributed by atoms with van der Waals surface area (Å²) in [5.74, 6) is 0.264. The fourth-order valence-electron chi connectivity index (χ4n) is 3.78. The molecule has 1 saturated carbocycles. The van der Waals surface area contributed by atoms with Gasteiger partial charge in [-0.15, -0.1) is 0 Å². The van der Waals surface area contributed by atoms with Crippen LogP contribution in [0.1, 0.15) is 30.7 Å². The van der Waals surface area contributed by atoms with Crippen LogP contribution < -0.4 is 4.90 Å². The van der Waals surface area contributed by atoms with E-state index in [9.17, 15) is 4.39 Å². The number of aliphatic imine (C=N–C) groups is 4. The van der Waals surface area contributed by atoms with E-state index >= 15 is 0 Å². The summed E-state index contributed by atoms with van der Waals surface area (Å²) in [6.45, 7) is 9.87. The van der Waals surface area contributed by atoms with Gasteiger partial charge in [0.15, 0.2) is 5.82 Å². The molecule has 2 atom stereocenters. The van der Waals surface area contributed by atoms with Crippen molar-refractivity contribution < 1.29 is 4.39 Å². The van der Waals surface area contributed by atoms with Crippen LogP contribution in [-0.2, 0) is 0 Å². The van der Waals surface area contributed by atoms with Crippen molar-refractivity contribution in [1.82, 2.24) is 0 Å². The Morgan fingerprint density at radius 2 is 1.93 bits per heavy atom. The molecule has 30 heavy (non-hydrogen) atoms. The van der Waals surface area contributed by atoms with Gasteiger partial charge in [0.2, 0.25) is 0 Å². The van der Waals surface area contributed by atoms with Crippen molar-refractivity contribution in [2.75, 3.05) is 31.1 Å². The minimum atomic E-state index is -0.316. The fraction of sp³-hybridized carbons (Fsp3) is 0.391. The van der Waals surface area contributed by atoms with Gasteiger partial charge in [0.25, 0.3) is 0 Å². The highest BCUT2D eigenvalue weighted by Crippen LogP contribution is 2.52. The molecule has 3 rings (SSSR count). The molecule has 7 heteroatoms. The minimum Gasteiger partial charge on any atom is -0.369 e. The van der Waals surface area contributed by atoms with Crippen LogP contribution in [0, 0.1) is 11.7 Å². The molecule has 1 saturated heterocycles. The summed E-state index contributed by atoms with van der Waals surface area (Å²) >= 11 is 6.22. The first-order valence-electron chi connectivity index (χ1n) is 10.2. The number of nitrogens with zero attached hydrogens (tertiary/aromatic N) is 5. The van der Waals surface area contributed by atoms with Crippen molar-refractivity contribution >= 4 is 43.2 Å². The third kappa shape index (κ3) is 5.72. The number of rotatable bonds is 10. The topological polar surface area (TPSA) is 52.7 Å². The van der Waals surface area contributed by atoms with Crippen LogP contribution >= 0.6 is 11.6 Å². The second-order valence-electron chi connectivity index (χ2n) is 7.40. The molecule has 0 bridgehead atoms. The van der Waals surface area contributed by atoms with E-state index in [-0.39, 0.29) is 16.8 Å². The van der Waals surface area contributed by atoms with Crippen molar-refractivity contribution in [2.45, 2.75) is 25.2 Å². The predicted molar refractivity (Wildman–Crippen MR) is 127 cm³/mol. The summed E-state index contributed by atoms with van der Waals surface area (Å²) in [7, 11) is 0. The van der Waals surface area contributed by atoms with Crippen molar-refractivity contribution in [3.8, 4) is 0 Å². The van der Waals surface area contributed by atoms with Crippen molar-refractivity contribution in [3.63, 3.8) is 0 Å². The third-order valence-corrected chi connectivity index (χ3v) is 5.62. The second-order valence-corrected chi connectivity index (χ2v) is 7.81. The average molecular weight is 428 g/mol. The third-order valence-electron chi connectivity index (χ3n) is 5.35. The van der Waals surface area contributed by atoms with Gasteiger partial charge in [0.05, 0.1) is 23.8 Å². The molecule has 1 aliphatic heterocycles. The zero-order valence-electron chi connectivity index (χ0n) is 17.1. The maximum Gasteiger partial charge on any atom is 0.165 e. The summed E-state index contributed by atoms with van der Waals surface area (Å²) < 4.78 is 14.6. The quantitative estimate of drug-likeness (QED) is 0.377. The lowest BCUT2D eigenvalue weighted by Crippen LogP contribution is -2.19. The van der Waals surface area contributed by atoms with E-state index in [1.165, 1.54) is 0 Å². The van der Waals surface area contributed by atoms with E-state index in [1.807, 2.05) is 12.3 Å². The van der Waals surface area contributed by atoms with Gasteiger partial charge in [-0.2, -0.15) is 0 Å². The highest BCUT2D eigenvalue weighted by atomic mass is 35.5. The molecule has 0 spiro atoms. The lowest BCUT2D eigenvalue weighted by atomic mass is 10.0. The Bertz CT molecular complexity index is 884. The van der Waals surface area contributed by atoms with Crippen molar-refractivity contribution in [3.05, 3.63) is 52.6 Å². The Labute approximate surface area is 182 Å². The molecule has 0 aromatic heterocycles. The standard InChI is InChI=1S/C23H27ClFN5/c1-26-6-5-7-28-8-9-29-16-18(15-27-2)20-14-19(20)17-12-21(24)23(25)22(13-17)30-10-3-4-11-30/h5-7,12-13,15-16,19-20H,1-4,8-11,14H2/b6-5-,18-15+,28-7?,29-16?. The van der Waals surface area contributed by atoms with Crippen LogP contribution in [0.3, 0.4) is 0 Å². The second kappa shape index (κ2) is 11.0. The van der Waals surface area contributed by atoms with Crippen molar-refractivity contribution in [2.24, 2.45) is 25.9 Å². The Morgan fingerprint density at radius 3 is 2.67 bits per heavy atom. The van der Waals surface area contributed by atoms with Gasteiger partial charge < -0.3 is 4.90 Å². The zero-order valence-corrected chi connectivity index (χ0v) is 17.8. The Hall–Kier alpha value is -2.60. The van der Waals surface area contributed by atoms with Gasteiger partial charge in [0, 0.05) is 37.9 Å². The summed E-state index contributed by atoms with van der Waals surface area (Å²) in [6, 6.07) is 3.73. The van der Waals surface area contributed by atoms with Gasteiger partial charge in [-0.1, -0.05) is 11.6 Å². The zero-order chi connectivity index (χ0) is 21.3. The predicted octanol–water partition coefficient (Wildman–Crippen LogP) is 5.12. The van der Waals surface area contributed by atoms with Crippen LogP contribution in [0.4, 0.5) is 10.1 Å². The largest absolute Gasteiger partial charge is 0.369 e. The molecule has 2 aliphatic rings. The van der Waals surface area contributed by atoms with E-state index in [4.69, 9.17) is 11.6 Å². The molecule has 0 radical (unpaired) electrons. The van der Waals surface area contributed by atoms with E-state index in [1.54, 1.807) is 30.8 Å². The molecule has 1 aliphatic carbocycles. The van der Waals surface area contributed by atoms with Gasteiger partial charge in [-0.05, 0) is 73.9 Å². The van der Waals surface area contributed by atoms with Gasteiger partial charge in [-0.25, -0.2) is 4.39 Å². The van der Waals surface area contributed by atoms with Gasteiger partial charge >= 0.3 is 0 Å². The Balaban J connectivity index is 1.64. The molecule has 1 aromatic carbocycles. The van der Waals surface area contributed by atoms with Gasteiger partial charge in [-0.3, -0.25) is 20.0 Å². The number of benzene rings is 1. The van der Waals surface area contributed by atoms with E-state index in [0.717, 1.165) is 43.5 Å². The molecule has 0 N–H and O–H groups in total. The van der Waals surface area contributed by atoms with Crippen LogP contribution in [0.15, 0.2) is 56.2 Å². The first-order chi connectivity index (χ1) is 14.7. The van der Waals surface area contributed by atoms with E-state index in [2.05, 4.69) is 38.3 Å². The molecule has 0 amide bonds. The Kier molecular flexibility index (Phi) is 8.08. The molecular weight excluding hydrogens is 401 g/mol. The average Bonchev–Trinajstić information content (AvgIpc) is 3.35. The number of hydrogen-bond donors (Lipinski definition) is 0. The van der Waals surface area contributed by atoms with Crippen LogP contribution in [0.25, 0.3) is 0 Å². The van der Waals surface area contributed by atoms with Crippen LogP contribution in [0.2, 0.25) is 5.02 Å². The van der Waals surface area contributed by atoms with E-state index < -0.39 is 0 Å². The molecule has 2 unspecified atom stereocenters. The smallest absolute Gasteiger partial charge is 0.165 e. The Morgan fingerprint density at radius 1 is 1.17 bits per heavy atom. The number of allylic oxidation sites excluding steroid dienone is 2. The van der Waals surface area contributed by atoms with Crippen LogP contribution in [-0.4, -0.2) is 52.0 Å². The number of halogens is 2. The summed E-state index contributed by atoms with van der Waals surface area (Å²) in [6.07, 6.45) is 11.7. The monoisotopic (exact) mass is 427 g/mol. The van der Waals surface area contributed by atoms with E-state index in [0.29, 0.717) is 24.7 Å². The molecule has 1 heterocycles. The van der Waals surface area contributed by atoms with Gasteiger partial charge in [0.1, 0.15) is 0 Å². The summed E-state index contributed by atoms with van der Waals surface area (Å²) in [4.78, 5) is 18.3. The van der Waals surface area contributed by atoms with Crippen molar-refractivity contribution in [1.29, 1.82) is 0 Å². The normalized spacial score (nSPS) is 21.9. The lowest BCUT2D eigenvalue weighted by molar-refractivity contribution is 0.622. The number of anilines is 1. The minimum absolute atomic E-state index is 0.194. The highest BCUT2D eigenvalue weighted by molar-refractivity contribution is 6.31. The highest BCUT2D eigenvalue weighted by Gasteiger charge is 2.41. The van der Waals surface area contributed by atoms with Crippen LogP contribution in [0.5, 0.6) is 0 Å². The first kappa shape index (κ1) is 22.1. The first-order valence-corrected chi connectivity index (χ1v) is 10.5. The molecule has 158 valence electrons. The summed E-state index contributed by atoms with van der Waals surface area (Å²) in [5, 5.41) is 0.194. The molecule has 2 fully saturated rings. The lowest BCUT2D eigenvalue weighted by Gasteiger charge is -2.20. The maximum atomic E-state index is 14.6. The molecule has 5 nitrogen and oxygen atoms in total. The summed E-state index contributed by atoms with van der Waals surface area (Å²) in [5.41, 5.74) is 2.72. The SMILES string of the molecule is C=N/C=C\C=NCCN=C/C(=C\N=C)C1CC1c1cc(Cl)c(F)c(N2CCCC2)c1. The number of hydrogen-bond acceptors (Lipinski definition) is 5. The molecular formula is C23H27ClFN5. The fourth-order valence-corrected chi connectivity index (χ4v) is 4.00. The molecule has 1 aromatic rings. The maximum absolute atomic E-state index is 14.6.